The molecule has 0 fully saturated rings. The average Bonchev–Trinajstić information content (AvgIpc) is 2.60. The number of hydrogen-bond donors (Lipinski definition) is 1. The normalized spacial score (nSPS) is 10.3. The summed E-state index contributed by atoms with van der Waals surface area (Å²) in [5.74, 6) is -6.46. The van der Waals surface area contributed by atoms with Gasteiger partial charge < -0.3 is 15.0 Å². The molecule has 2 aromatic rings. The summed E-state index contributed by atoms with van der Waals surface area (Å²) >= 11 is 0. The zero-order chi connectivity index (χ0) is 19.3. The van der Waals surface area contributed by atoms with Gasteiger partial charge in [0.15, 0.2) is 24.1 Å². The zero-order valence-corrected chi connectivity index (χ0v) is 13.6. The Morgan fingerprint density at radius 3 is 2.50 bits per heavy atom. The van der Waals surface area contributed by atoms with Gasteiger partial charge in [-0.3, -0.25) is 9.59 Å². The molecule has 2 amide bonds. The molecule has 0 spiro atoms. The molecule has 0 saturated heterocycles. The van der Waals surface area contributed by atoms with E-state index in [4.69, 9.17) is 4.74 Å². The number of nitrogens with zero attached hydrogens (tertiary/aromatic N) is 1. The van der Waals surface area contributed by atoms with Gasteiger partial charge in [0.05, 0.1) is 12.2 Å². The van der Waals surface area contributed by atoms with E-state index in [1.165, 1.54) is 25.2 Å². The number of nitrogens with one attached hydrogen (secondary N) is 1. The van der Waals surface area contributed by atoms with Gasteiger partial charge in [-0.25, -0.2) is 17.6 Å². The van der Waals surface area contributed by atoms with Crippen LogP contribution in [0.4, 0.5) is 23.2 Å². The van der Waals surface area contributed by atoms with Gasteiger partial charge in [-0.1, -0.05) is 6.07 Å². The number of ether oxygens (including phenoxy) is 1. The van der Waals surface area contributed by atoms with Crippen molar-refractivity contribution in [1.29, 1.82) is 0 Å². The highest BCUT2D eigenvalue weighted by molar-refractivity contribution is 5.94. The first-order valence-corrected chi connectivity index (χ1v) is 7.33. The van der Waals surface area contributed by atoms with Crippen LogP contribution in [0.3, 0.4) is 0 Å². The molecular weight excluding hydrogens is 356 g/mol. The Kier molecular flexibility index (Phi) is 6.16. The molecule has 0 aromatic heterocycles. The summed E-state index contributed by atoms with van der Waals surface area (Å²) in [5, 5.41) is 2.04. The fourth-order valence-electron chi connectivity index (χ4n) is 1.93. The second kappa shape index (κ2) is 8.32. The van der Waals surface area contributed by atoms with Crippen LogP contribution in [0.25, 0.3) is 0 Å². The molecule has 9 heteroatoms. The highest BCUT2D eigenvalue weighted by Crippen LogP contribution is 2.19. The molecule has 0 aliphatic heterocycles. The summed E-state index contributed by atoms with van der Waals surface area (Å²) in [6, 6.07) is 6.68. The minimum absolute atomic E-state index is 0.139. The minimum atomic E-state index is -1.71. The standard InChI is InChI=1S/C17H14F4N2O3/c1-23(15(25)9-26-11-4-2-3-10(18)7-11)8-14(24)22-13-6-5-12(19)16(20)17(13)21/h2-7H,8-9H2,1H3,(H,22,24). The van der Waals surface area contributed by atoms with Crippen molar-refractivity contribution in [2.24, 2.45) is 0 Å². The van der Waals surface area contributed by atoms with Crippen LogP contribution in [0.2, 0.25) is 0 Å². The van der Waals surface area contributed by atoms with E-state index in [1.807, 2.05) is 5.32 Å². The summed E-state index contributed by atoms with van der Waals surface area (Å²) in [4.78, 5) is 24.7. The van der Waals surface area contributed by atoms with Gasteiger partial charge in [0.25, 0.3) is 5.91 Å². The van der Waals surface area contributed by atoms with Gasteiger partial charge >= 0.3 is 0 Å². The molecule has 1 N–H and O–H groups in total. The van der Waals surface area contributed by atoms with E-state index in [2.05, 4.69) is 0 Å². The molecule has 26 heavy (non-hydrogen) atoms. The van der Waals surface area contributed by atoms with Gasteiger partial charge in [-0.15, -0.1) is 0 Å². The van der Waals surface area contributed by atoms with Crippen LogP contribution >= 0.6 is 0 Å². The van der Waals surface area contributed by atoms with Crippen LogP contribution in [0.1, 0.15) is 0 Å². The predicted molar refractivity (Wildman–Crippen MR) is 84.5 cm³/mol. The first-order chi connectivity index (χ1) is 12.3. The van der Waals surface area contributed by atoms with Crippen LogP contribution in [0, 0.1) is 23.3 Å². The molecule has 0 atom stereocenters. The number of hydrogen-bond acceptors (Lipinski definition) is 3. The Morgan fingerprint density at radius 2 is 1.81 bits per heavy atom. The molecule has 2 rings (SSSR count). The first kappa shape index (κ1) is 19.2. The van der Waals surface area contributed by atoms with Crippen molar-refractivity contribution in [3.8, 4) is 5.75 Å². The molecule has 0 unspecified atom stereocenters. The molecule has 0 radical (unpaired) electrons. The summed E-state index contributed by atoms with van der Waals surface area (Å²) in [5.41, 5.74) is -0.550. The van der Waals surface area contributed by atoms with E-state index in [1.54, 1.807) is 0 Å². The predicted octanol–water partition coefficient (Wildman–Crippen LogP) is 2.72. The van der Waals surface area contributed by atoms with Crippen LogP contribution in [0.15, 0.2) is 36.4 Å². The Labute approximate surface area is 146 Å². The second-order valence-corrected chi connectivity index (χ2v) is 5.27. The highest BCUT2D eigenvalue weighted by atomic mass is 19.2. The van der Waals surface area contributed by atoms with E-state index in [0.717, 1.165) is 17.0 Å². The number of carbonyl (C=O) groups is 2. The molecule has 5 nitrogen and oxygen atoms in total. The molecule has 2 aromatic carbocycles. The fraction of sp³-hybridized carbons (Fsp3) is 0.176. The molecule has 0 aliphatic rings. The maximum Gasteiger partial charge on any atom is 0.260 e. The monoisotopic (exact) mass is 370 g/mol. The van der Waals surface area contributed by atoms with Crippen molar-refractivity contribution in [2.45, 2.75) is 0 Å². The number of halogens is 4. The van der Waals surface area contributed by atoms with Gasteiger partial charge in [0, 0.05) is 13.1 Å². The average molecular weight is 370 g/mol. The van der Waals surface area contributed by atoms with E-state index >= 15 is 0 Å². The Morgan fingerprint density at radius 1 is 1.08 bits per heavy atom. The van der Waals surface area contributed by atoms with Crippen LogP contribution in [-0.2, 0) is 9.59 Å². The highest BCUT2D eigenvalue weighted by Gasteiger charge is 2.18. The third-order valence-electron chi connectivity index (χ3n) is 3.27. The van der Waals surface area contributed by atoms with Crippen molar-refractivity contribution in [1.82, 2.24) is 4.90 Å². The topological polar surface area (TPSA) is 58.6 Å². The van der Waals surface area contributed by atoms with Gasteiger partial charge in [0.2, 0.25) is 5.91 Å². The summed E-state index contributed by atoms with van der Waals surface area (Å²) in [6.07, 6.45) is 0. The Bertz CT molecular complexity index is 830. The number of amides is 2. The number of benzene rings is 2. The number of carbonyl (C=O) groups excluding carboxylic acids is 2. The Hall–Kier alpha value is -3.10. The number of rotatable bonds is 6. The first-order valence-electron chi connectivity index (χ1n) is 7.33. The van der Waals surface area contributed by atoms with E-state index in [9.17, 15) is 27.2 Å². The number of likely N-dealkylation sites (N-methyl/N-ethyl adjacent to an activating group) is 1. The van der Waals surface area contributed by atoms with Gasteiger partial charge in [0.1, 0.15) is 11.6 Å². The lowest BCUT2D eigenvalue weighted by molar-refractivity contribution is -0.135. The fourth-order valence-corrected chi connectivity index (χ4v) is 1.93. The van der Waals surface area contributed by atoms with E-state index < -0.39 is 53.9 Å². The zero-order valence-electron chi connectivity index (χ0n) is 13.6. The number of anilines is 1. The van der Waals surface area contributed by atoms with Gasteiger partial charge in [-0.05, 0) is 24.3 Å². The third kappa shape index (κ3) is 4.95. The van der Waals surface area contributed by atoms with Crippen molar-refractivity contribution < 1.29 is 31.9 Å². The molecular formula is C17H14F4N2O3. The van der Waals surface area contributed by atoms with Crippen molar-refractivity contribution in [2.75, 3.05) is 25.5 Å². The molecule has 0 aliphatic carbocycles. The van der Waals surface area contributed by atoms with Crippen LogP contribution < -0.4 is 10.1 Å². The van der Waals surface area contributed by atoms with E-state index in [0.29, 0.717) is 6.07 Å². The summed E-state index contributed by atoms with van der Waals surface area (Å²) < 4.78 is 57.6. The lowest BCUT2D eigenvalue weighted by Gasteiger charge is -2.17. The lowest BCUT2D eigenvalue weighted by atomic mass is 10.2. The van der Waals surface area contributed by atoms with Crippen LogP contribution in [0.5, 0.6) is 5.75 Å². The van der Waals surface area contributed by atoms with Crippen LogP contribution in [-0.4, -0.2) is 36.9 Å². The maximum atomic E-state index is 13.5. The molecule has 0 heterocycles. The minimum Gasteiger partial charge on any atom is -0.484 e. The largest absolute Gasteiger partial charge is 0.484 e. The van der Waals surface area contributed by atoms with Crippen molar-refractivity contribution in [3.05, 3.63) is 59.7 Å². The van der Waals surface area contributed by atoms with Gasteiger partial charge in [-0.2, -0.15) is 0 Å². The van der Waals surface area contributed by atoms with Crippen molar-refractivity contribution in [3.63, 3.8) is 0 Å². The summed E-state index contributed by atoms with van der Waals surface area (Å²) in [6.45, 7) is -0.934. The van der Waals surface area contributed by atoms with Crippen molar-refractivity contribution >= 4 is 17.5 Å². The Balaban J connectivity index is 1.88. The smallest absolute Gasteiger partial charge is 0.260 e. The summed E-state index contributed by atoms with van der Waals surface area (Å²) in [7, 11) is 1.29. The maximum absolute atomic E-state index is 13.5. The molecule has 138 valence electrons. The molecule has 0 bridgehead atoms. The van der Waals surface area contributed by atoms with E-state index in [-0.39, 0.29) is 5.75 Å². The molecule has 0 saturated carbocycles. The third-order valence-corrected chi connectivity index (χ3v) is 3.27. The second-order valence-electron chi connectivity index (χ2n) is 5.27. The lowest BCUT2D eigenvalue weighted by Crippen LogP contribution is -2.37. The SMILES string of the molecule is CN(CC(=O)Nc1ccc(F)c(F)c1F)C(=O)COc1cccc(F)c1. The quantitative estimate of drug-likeness (QED) is 0.628.